The molecule has 0 aromatic heterocycles. The Morgan fingerprint density at radius 3 is 2.26 bits per heavy atom. The van der Waals surface area contributed by atoms with E-state index in [1.807, 2.05) is 67.3 Å². The number of carbonyl (C=O) groups is 3. The number of hydrogen-bond acceptors (Lipinski definition) is 4. The standard InChI is InChI=1S/C28H34N4O3/c1-20(2)29-25(33)18-31-19-32(22-11-7-4-8-12-22)28(27(31)35)13-15-30(16-14-28)26(34)24-17-23(24)21-9-5-3-6-10-21/h3-12,20,23-24H,13-19H2,1-2H3,(H,29,33). The molecule has 2 saturated heterocycles. The summed E-state index contributed by atoms with van der Waals surface area (Å²) in [6, 6.07) is 20.2. The summed E-state index contributed by atoms with van der Waals surface area (Å²) in [6.07, 6.45) is 2.04. The van der Waals surface area contributed by atoms with Crippen LogP contribution in [0.25, 0.3) is 0 Å². The molecule has 1 spiro atoms. The second-order valence-electron chi connectivity index (χ2n) is 10.3. The van der Waals surface area contributed by atoms with Crippen molar-refractivity contribution in [3.05, 3.63) is 66.2 Å². The van der Waals surface area contributed by atoms with Crippen LogP contribution in [0.5, 0.6) is 0 Å². The fraction of sp³-hybridized carbons (Fsp3) is 0.464. The second-order valence-corrected chi connectivity index (χ2v) is 10.3. The minimum Gasteiger partial charge on any atom is -0.352 e. The van der Waals surface area contributed by atoms with E-state index in [9.17, 15) is 14.4 Å². The van der Waals surface area contributed by atoms with Gasteiger partial charge in [-0.25, -0.2) is 0 Å². The molecule has 7 nitrogen and oxygen atoms in total. The number of likely N-dealkylation sites (tertiary alicyclic amines) is 1. The van der Waals surface area contributed by atoms with Gasteiger partial charge in [-0.15, -0.1) is 0 Å². The number of para-hydroxylation sites is 1. The number of hydrogen-bond donors (Lipinski definition) is 1. The highest BCUT2D eigenvalue weighted by atomic mass is 16.2. The van der Waals surface area contributed by atoms with Gasteiger partial charge in [0.05, 0.1) is 6.67 Å². The summed E-state index contributed by atoms with van der Waals surface area (Å²) in [4.78, 5) is 45.2. The van der Waals surface area contributed by atoms with Crippen molar-refractivity contribution in [3.8, 4) is 0 Å². The fourth-order valence-corrected chi connectivity index (χ4v) is 5.73. The van der Waals surface area contributed by atoms with Crippen LogP contribution in [-0.4, -0.2) is 65.4 Å². The van der Waals surface area contributed by atoms with Crippen molar-refractivity contribution in [1.82, 2.24) is 15.1 Å². The Kier molecular flexibility index (Phi) is 6.26. The average Bonchev–Trinajstić information content (AvgIpc) is 3.63. The van der Waals surface area contributed by atoms with Crippen molar-refractivity contribution in [2.75, 3.05) is 31.2 Å². The Morgan fingerprint density at radius 1 is 1.00 bits per heavy atom. The van der Waals surface area contributed by atoms with Gasteiger partial charge in [0.25, 0.3) is 5.91 Å². The number of benzene rings is 2. The molecule has 2 aliphatic heterocycles. The van der Waals surface area contributed by atoms with Gasteiger partial charge in [-0.2, -0.15) is 0 Å². The first-order chi connectivity index (χ1) is 16.9. The number of amides is 3. The molecule has 2 aromatic carbocycles. The van der Waals surface area contributed by atoms with E-state index in [-0.39, 0.29) is 36.2 Å². The van der Waals surface area contributed by atoms with Crippen LogP contribution in [-0.2, 0) is 14.4 Å². The number of piperidine rings is 1. The molecule has 3 fully saturated rings. The monoisotopic (exact) mass is 474 g/mol. The summed E-state index contributed by atoms with van der Waals surface area (Å²) in [5, 5.41) is 2.89. The zero-order valence-corrected chi connectivity index (χ0v) is 20.5. The molecule has 1 N–H and O–H groups in total. The van der Waals surface area contributed by atoms with E-state index in [1.54, 1.807) is 4.90 Å². The van der Waals surface area contributed by atoms with Crippen LogP contribution in [0, 0.1) is 5.92 Å². The minimum atomic E-state index is -0.724. The highest BCUT2D eigenvalue weighted by molar-refractivity contribution is 5.96. The van der Waals surface area contributed by atoms with Gasteiger partial charge in [0.15, 0.2) is 0 Å². The molecule has 2 unspecified atom stereocenters. The summed E-state index contributed by atoms with van der Waals surface area (Å²) in [5.74, 6) is 0.405. The fourth-order valence-electron chi connectivity index (χ4n) is 5.73. The molecule has 184 valence electrons. The van der Waals surface area contributed by atoms with Crippen LogP contribution in [0.2, 0.25) is 0 Å². The number of carbonyl (C=O) groups excluding carboxylic acids is 3. The van der Waals surface area contributed by atoms with Gasteiger partial charge >= 0.3 is 0 Å². The summed E-state index contributed by atoms with van der Waals surface area (Å²) in [6.45, 7) is 5.36. The molecule has 3 aliphatic rings. The van der Waals surface area contributed by atoms with E-state index < -0.39 is 5.54 Å². The second kappa shape index (κ2) is 9.36. The van der Waals surface area contributed by atoms with Crippen molar-refractivity contribution in [2.45, 2.75) is 50.6 Å². The maximum Gasteiger partial charge on any atom is 0.250 e. The molecule has 0 bridgehead atoms. The Balaban J connectivity index is 1.30. The minimum absolute atomic E-state index is 0.0130. The van der Waals surface area contributed by atoms with Crippen molar-refractivity contribution in [3.63, 3.8) is 0 Å². The van der Waals surface area contributed by atoms with Gasteiger partial charge in [0.2, 0.25) is 11.8 Å². The van der Waals surface area contributed by atoms with E-state index in [0.29, 0.717) is 38.5 Å². The van der Waals surface area contributed by atoms with E-state index in [4.69, 9.17) is 0 Å². The predicted molar refractivity (Wildman–Crippen MR) is 135 cm³/mol. The third-order valence-corrected chi connectivity index (χ3v) is 7.60. The van der Waals surface area contributed by atoms with Gasteiger partial charge in [-0.3, -0.25) is 14.4 Å². The SMILES string of the molecule is CC(C)NC(=O)CN1CN(c2ccccc2)C2(CCN(C(=O)C3CC3c3ccccc3)CC2)C1=O. The molecular formula is C28H34N4O3. The average molecular weight is 475 g/mol. The predicted octanol–water partition coefficient (Wildman–Crippen LogP) is 2.98. The number of anilines is 1. The van der Waals surface area contributed by atoms with E-state index >= 15 is 0 Å². The zero-order chi connectivity index (χ0) is 24.6. The maximum atomic E-state index is 13.7. The summed E-state index contributed by atoms with van der Waals surface area (Å²) in [7, 11) is 0. The first-order valence-corrected chi connectivity index (χ1v) is 12.6. The lowest BCUT2D eigenvalue weighted by atomic mass is 9.85. The van der Waals surface area contributed by atoms with Crippen molar-refractivity contribution >= 4 is 23.4 Å². The maximum absolute atomic E-state index is 13.7. The van der Waals surface area contributed by atoms with Crippen LogP contribution in [0.4, 0.5) is 5.69 Å². The molecule has 0 radical (unpaired) electrons. The van der Waals surface area contributed by atoms with Crippen LogP contribution < -0.4 is 10.2 Å². The van der Waals surface area contributed by atoms with E-state index in [2.05, 4.69) is 22.3 Å². The topological polar surface area (TPSA) is 73.0 Å². The van der Waals surface area contributed by atoms with Gasteiger partial charge < -0.3 is 20.0 Å². The molecule has 1 aliphatic carbocycles. The molecule has 3 amide bonds. The zero-order valence-electron chi connectivity index (χ0n) is 20.5. The number of nitrogens with one attached hydrogen (secondary N) is 1. The van der Waals surface area contributed by atoms with Crippen LogP contribution >= 0.6 is 0 Å². The quantitative estimate of drug-likeness (QED) is 0.699. The Labute approximate surface area is 207 Å². The molecule has 2 atom stereocenters. The molecular weight excluding hydrogens is 440 g/mol. The lowest BCUT2D eigenvalue weighted by molar-refractivity contribution is -0.140. The first-order valence-electron chi connectivity index (χ1n) is 12.6. The highest BCUT2D eigenvalue weighted by Crippen LogP contribution is 2.49. The van der Waals surface area contributed by atoms with Crippen molar-refractivity contribution in [1.29, 1.82) is 0 Å². The molecule has 1 saturated carbocycles. The van der Waals surface area contributed by atoms with Crippen LogP contribution in [0.3, 0.4) is 0 Å². The summed E-state index contributed by atoms with van der Waals surface area (Å²) < 4.78 is 0. The Hall–Kier alpha value is -3.35. The van der Waals surface area contributed by atoms with Crippen LogP contribution in [0.1, 0.15) is 44.6 Å². The molecule has 2 heterocycles. The molecule has 5 rings (SSSR count). The Bertz CT molecular complexity index is 1080. The third-order valence-electron chi connectivity index (χ3n) is 7.60. The lowest BCUT2D eigenvalue weighted by Gasteiger charge is -2.43. The van der Waals surface area contributed by atoms with Crippen molar-refractivity contribution < 1.29 is 14.4 Å². The molecule has 7 heteroatoms. The number of nitrogens with zero attached hydrogens (tertiary/aromatic N) is 3. The number of rotatable bonds is 6. The van der Waals surface area contributed by atoms with Crippen LogP contribution in [0.15, 0.2) is 60.7 Å². The Morgan fingerprint density at radius 2 is 1.63 bits per heavy atom. The summed E-state index contributed by atoms with van der Waals surface area (Å²) in [5.41, 5.74) is 1.48. The van der Waals surface area contributed by atoms with Gasteiger partial charge in [-0.1, -0.05) is 48.5 Å². The molecule has 35 heavy (non-hydrogen) atoms. The first kappa shape index (κ1) is 23.4. The van der Waals surface area contributed by atoms with Gasteiger partial charge in [-0.05, 0) is 56.7 Å². The van der Waals surface area contributed by atoms with E-state index in [1.165, 1.54) is 5.56 Å². The van der Waals surface area contributed by atoms with Crippen molar-refractivity contribution in [2.24, 2.45) is 5.92 Å². The van der Waals surface area contributed by atoms with E-state index in [0.717, 1.165) is 12.1 Å². The lowest BCUT2D eigenvalue weighted by Crippen LogP contribution is -2.57. The van der Waals surface area contributed by atoms with Gasteiger partial charge in [0, 0.05) is 30.7 Å². The normalized spacial score (nSPS) is 23.2. The highest BCUT2D eigenvalue weighted by Gasteiger charge is 2.55. The largest absolute Gasteiger partial charge is 0.352 e. The summed E-state index contributed by atoms with van der Waals surface area (Å²) >= 11 is 0. The third kappa shape index (κ3) is 4.51. The smallest absolute Gasteiger partial charge is 0.250 e. The molecule has 2 aromatic rings. The van der Waals surface area contributed by atoms with Gasteiger partial charge in [0.1, 0.15) is 12.1 Å².